The van der Waals surface area contributed by atoms with Crippen LogP contribution in [0.25, 0.3) is 0 Å². The number of hydrogen-bond acceptors (Lipinski definition) is 4. The van der Waals surface area contributed by atoms with Crippen LogP contribution in [0.2, 0.25) is 0 Å². The third-order valence-electron chi connectivity index (χ3n) is 9.00. The van der Waals surface area contributed by atoms with Gasteiger partial charge >= 0.3 is 0 Å². The lowest BCUT2D eigenvalue weighted by Gasteiger charge is -2.62. The summed E-state index contributed by atoms with van der Waals surface area (Å²) in [7, 11) is 0. The third-order valence-corrected chi connectivity index (χ3v) is 9.00. The van der Waals surface area contributed by atoms with Crippen molar-refractivity contribution < 1.29 is 9.59 Å². The van der Waals surface area contributed by atoms with Gasteiger partial charge in [-0.3, -0.25) is 9.59 Å². The highest BCUT2D eigenvalue weighted by Gasteiger charge is 2.58. The van der Waals surface area contributed by atoms with Gasteiger partial charge in [-0.1, -0.05) is 36.4 Å². The molecule has 0 spiro atoms. The molecule has 6 heteroatoms. The molecule has 6 nitrogen and oxygen atoms in total. The number of fused-ring (bicyclic) bond motifs is 1. The van der Waals surface area contributed by atoms with E-state index in [4.69, 9.17) is 5.26 Å². The highest BCUT2D eigenvalue weighted by Crippen LogP contribution is 2.57. The normalized spacial score (nSPS) is 29.6. The quantitative estimate of drug-likeness (QED) is 0.628. The predicted octanol–water partition coefficient (Wildman–Crippen LogP) is 3.83. The van der Waals surface area contributed by atoms with Gasteiger partial charge in [-0.15, -0.1) is 0 Å². The molecule has 2 unspecified atom stereocenters. The Morgan fingerprint density at radius 2 is 1.58 bits per heavy atom. The number of rotatable bonds is 7. The first kappa shape index (κ1) is 23.2. The van der Waals surface area contributed by atoms with Gasteiger partial charge < -0.3 is 15.5 Å². The molecule has 0 radical (unpaired) electrons. The monoisotopic (exact) mass is 482 g/mol. The number of nitrogens with one attached hydrogen (secondary N) is 2. The molecule has 4 fully saturated rings. The molecule has 1 heterocycles. The maximum absolute atomic E-state index is 13.1. The van der Waals surface area contributed by atoms with Crippen LogP contribution in [0.3, 0.4) is 0 Å². The second-order valence-electron chi connectivity index (χ2n) is 11.8. The fourth-order valence-electron chi connectivity index (χ4n) is 7.86. The van der Waals surface area contributed by atoms with Crippen molar-refractivity contribution in [2.45, 2.75) is 75.5 Å². The van der Waals surface area contributed by atoms with Crippen molar-refractivity contribution in [2.24, 2.45) is 11.8 Å². The first-order valence-electron chi connectivity index (χ1n) is 13.3. The fraction of sp³-hybridized carbons (Fsp3) is 0.500. The van der Waals surface area contributed by atoms with E-state index in [9.17, 15) is 9.59 Å². The molecule has 2 amide bonds. The van der Waals surface area contributed by atoms with Crippen molar-refractivity contribution in [3.63, 3.8) is 0 Å². The van der Waals surface area contributed by atoms with E-state index in [0.29, 0.717) is 49.9 Å². The summed E-state index contributed by atoms with van der Waals surface area (Å²) in [6, 6.07) is 17.9. The molecular formula is C30H34N4O2. The molecular weight excluding hydrogens is 448 g/mol. The van der Waals surface area contributed by atoms with E-state index < -0.39 is 0 Å². The summed E-state index contributed by atoms with van der Waals surface area (Å²) < 4.78 is 0. The molecule has 2 atom stereocenters. The van der Waals surface area contributed by atoms with Crippen molar-refractivity contribution in [2.75, 3.05) is 6.54 Å². The molecule has 4 bridgehead atoms. The minimum atomic E-state index is -0.147. The first-order chi connectivity index (χ1) is 17.4. The lowest BCUT2D eigenvalue weighted by molar-refractivity contribution is -0.134. The Balaban J connectivity index is 1.07. The Kier molecular flexibility index (Phi) is 5.84. The second kappa shape index (κ2) is 9.05. The number of amides is 2. The average Bonchev–Trinajstić information content (AvgIpc) is 3.30. The van der Waals surface area contributed by atoms with E-state index in [1.807, 2.05) is 41.3 Å². The van der Waals surface area contributed by atoms with Crippen LogP contribution in [-0.4, -0.2) is 34.3 Å². The standard InChI is InChI=1S/C30H34N4O2/c31-16-22-7-5-21(6-8-22)9-10-27(35)33-30-14-23-11-24(15-30)13-29(12-23,20-30)32-17-28(36)34-18-25-3-1-2-4-26(25)19-34/h1-8,23-24,32H,9-15,17-20H2,(H,33,35). The lowest BCUT2D eigenvalue weighted by atomic mass is 9.50. The largest absolute Gasteiger partial charge is 0.351 e. The summed E-state index contributed by atoms with van der Waals surface area (Å²) in [5.41, 5.74) is 4.03. The van der Waals surface area contributed by atoms with Crippen molar-refractivity contribution in [3.8, 4) is 6.07 Å². The third kappa shape index (κ3) is 4.53. The van der Waals surface area contributed by atoms with E-state index in [1.54, 1.807) is 0 Å². The zero-order chi connectivity index (χ0) is 24.8. The average molecular weight is 483 g/mol. The van der Waals surface area contributed by atoms with Crippen LogP contribution in [0, 0.1) is 23.2 Å². The first-order valence-corrected chi connectivity index (χ1v) is 13.3. The van der Waals surface area contributed by atoms with E-state index in [-0.39, 0.29) is 22.9 Å². The number of carbonyl (C=O) groups excluding carboxylic acids is 2. The molecule has 4 saturated carbocycles. The van der Waals surface area contributed by atoms with E-state index in [1.165, 1.54) is 17.5 Å². The van der Waals surface area contributed by atoms with Crippen molar-refractivity contribution in [1.82, 2.24) is 15.5 Å². The molecule has 2 aromatic rings. The van der Waals surface area contributed by atoms with Gasteiger partial charge in [-0.2, -0.15) is 5.26 Å². The van der Waals surface area contributed by atoms with Crippen LogP contribution < -0.4 is 10.6 Å². The minimum absolute atomic E-state index is 0.0489. The summed E-state index contributed by atoms with van der Waals surface area (Å²) in [5, 5.41) is 16.2. The maximum atomic E-state index is 13.1. The Morgan fingerprint density at radius 3 is 2.22 bits per heavy atom. The van der Waals surface area contributed by atoms with Gasteiger partial charge in [0.15, 0.2) is 0 Å². The zero-order valence-corrected chi connectivity index (χ0v) is 20.8. The van der Waals surface area contributed by atoms with Crippen molar-refractivity contribution in [3.05, 3.63) is 70.8 Å². The van der Waals surface area contributed by atoms with Gasteiger partial charge in [-0.05, 0) is 85.6 Å². The summed E-state index contributed by atoms with van der Waals surface area (Å²) in [4.78, 5) is 28.1. The summed E-state index contributed by atoms with van der Waals surface area (Å²) in [5.74, 6) is 1.51. The lowest BCUT2D eigenvalue weighted by Crippen LogP contribution is -2.69. The van der Waals surface area contributed by atoms with Crippen LogP contribution in [0.15, 0.2) is 48.5 Å². The van der Waals surface area contributed by atoms with Crippen LogP contribution in [0.5, 0.6) is 0 Å². The maximum Gasteiger partial charge on any atom is 0.237 e. The van der Waals surface area contributed by atoms with Crippen molar-refractivity contribution in [1.29, 1.82) is 5.26 Å². The molecule has 2 aromatic carbocycles. The molecule has 2 N–H and O–H groups in total. The van der Waals surface area contributed by atoms with Crippen LogP contribution in [-0.2, 0) is 29.1 Å². The van der Waals surface area contributed by atoms with E-state index in [2.05, 4.69) is 28.8 Å². The molecule has 36 heavy (non-hydrogen) atoms. The Bertz CT molecular complexity index is 1180. The van der Waals surface area contributed by atoms with Crippen LogP contribution in [0.4, 0.5) is 0 Å². The van der Waals surface area contributed by atoms with Gasteiger partial charge in [0.2, 0.25) is 11.8 Å². The molecule has 0 saturated heterocycles. The Labute approximate surface area is 213 Å². The van der Waals surface area contributed by atoms with E-state index in [0.717, 1.165) is 37.7 Å². The summed E-state index contributed by atoms with van der Waals surface area (Å²) >= 11 is 0. The van der Waals surface area contributed by atoms with Gasteiger partial charge in [0.25, 0.3) is 0 Å². The van der Waals surface area contributed by atoms with Crippen LogP contribution >= 0.6 is 0 Å². The number of aryl methyl sites for hydroxylation is 1. The SMILES string of the molecule is N#Cc1ccc(CCC(=O)NC23CC4CC(CC(NCC(=O)N5Cc6ccccc6C5)(C4)C2)C3)cc1. The summed E-state index contributed by atoms with van der Waals surface area (Å²) in [6.45, 7) is 1.78. The zero-order valence-electron chi connectivity index (χ0n) is 20.8. The molecule has 1 aliphatic heterocycles. The summed E-state index contributed by atoms with van der Waals surface area (Å²) in [6.07, 6.45) is 7.65. The van der Waals surface area contributed by atoms with Crippen LogP contribution in [0.1, 0.15) is 67.2 Å². The molecule has 5 aliphatic rings. The Hall–Kier alpha value is -3.17. The number of hydrogen-bond donors (Lipinski definition) is 2. The number of carbonyl (C=O) groups is 2. The fourth-order valence-corrected chi connectivity index (χ4v) is 7.86. The molecule has 186 valence electrons. The van der Waals surface area contributed by atoms with E-state index >= 15 is 0 Å². The highest BCUT2D eigenvalue weighted by atomic mass is 16.2. The smallest absolute Gasteiger partial charge is 0.237 e. The van der Waals surface area contributed by atoms with Gasteiger partial charge in [0.1, 0.15) is 0 Å². The Morgan fingerprint density at radius 1 is 0.944 bits per heavy atom. The topological polar surface area (TPSA) is 85.2 Å². The second-order valence-corrected chi connectivity index (χ2v) is 11.8. The molecule has 0 aromatic heterocycles. The molecule has 4 aliphatic carbocycles. The van der Waals surface area contributed by atoms with Gasteiger partial charge in [0.05, 0.1) is 18.2 Å². The highest BCUT2D eigenvalue weighted by molar-refractivity contribution is 5.79. The predicted molar refractivity (Wildman–Crippen MR) is 136 cm³/mol. The van der Waals surface area contributed by atoms with Gasteiger partial charge in [-0.25, -0.2) is 0 Å². The number of nitrogens with zero attached hydrogens (tertiary/aromatic N) is 2. The van der Waals surface area contributed by atoms with Gasteiger partial charge in [0, 0.05) is 30.6 Å². The van der Waals surface area contributed by atoms with Crippen molar-refractivity contribution >= 4 is 11.8 Å². The number of benzene rings is 2. The molecule has 7 rings (SSSR count). The number of nitriles is 1. The minimum Gasteiger partial charge on any atom is -0.351 e.